The van der Waals surface area contributed by atoms with Crippen molar-refractivity contribution < 1.29 is 22.7 Å². The first kappa shape index (κ1) is 15.9. The quantitative estimate of drug-likeness (QED) is 0.847. The largest absolute Gasteiger partial charge is 0.419 e. The molecule has 0 bridgehead atoms. The standard InChI is InChI=1S/C16H19NO6S/c18-4-6-24(20,21)10-1-2-14-15(7-10)23-16(19)17(14)8-12-11-3-5-22-9-13(11)12/h1-2,7,11-13,18H,3-6,8-9H2. The number of aliphatic hydroxyl groups excluding tert-OH is 1. The third-order valence-corrected chi connectivity index (χ3v) is 6.86. The van der Waals surface area contributed by atoms with Gasteiger partial charge in [0.05, 0.1) is 22.8 Å². The van der Waals surface area contributed by atoms with Crippen LogP contribution in [0.25, 0.3) is 11.1 Å². The first-order chi connectivity index (χ1) is 11.5. The fourth-order valence-corrected chi connectivity index (χ4v) is 4.81. The van der Waals surface area contributed by atoms with Crippen LogP contribution in [-0.4, -0.2) is 43.7 Å². The van der Waals surface area contributed by atoms with Crippen molar-refractivity contribution in [2.45, 2.75) is 17.9 Å². The number of aliphatic hydroxyl groups is 1. The van der Waals surface area contributed by atoms with Crippen LogP contribution in [0.1, 0.15) is 6.42 Å². The number of oxazole rings is 1. The fourth-order valence-electron chi connectivity index (χ4n) is 3.77. The van der Waals surface area contributed by atoms with Gasteiger partial charge in [0.15, 0.2) is 15.4 Å². The number of sulfone groups is 1. The van der Waals surface area contributed by atoms with Crippen molar-refractivity contribution in [2.75, 3.05) is 25.6 Å². The summed E-state index contributed by atoms with van der Waals surface area (Å²) in [6.45, 7) is 1.67. The highest BCUT2D eigenvalue weighted by Gasteiger charge is 2.51. The molecular weight excluding hydrogens is 334 g/mol. The molecule has 0 radical (unpaired) electrons. The number of benzene rings is 1. The summed E-state index contributed by atoms with van der Waals surface area (Å²) in [6.07, 6.45) is 1.03. The van der Waals surface area contributed by atoms with Crippen molar-refractivity contribution in [1.82, 2.24) is 4.57 Å². The van der Waals surface area contributed by atoms with Gasteiger partial charge in [-0.3, -0.25) is 4.57 Å². The Morgan fingerprint density at radius 1 is 1.29 bits per heavy atom. The van der Waals surface area contributed by atoms with E-state index in [2.05, 4.69) is 0 Å². The normalized spacial score (nSPS) is 26.5. The lowest BCUT2D eigenvalue weighted by atomic mass is 10.2. The molecule has 130 valence electrons. The van der Waals surface area contributed by atoms with Crippen LogP contribution in [0, 0.1) is 17.8 Å². The predicted molar refractivity (Wildman–Crippen MR) is 85.5 cm³/mol. The summed E-state index contributed by atoms with van der Waals surface area (Å²) < 4.78 is 36.3. The molecule has 1 N–H and O–H groups in total. The minimum Gasteiger partial charge on any atom is -0.408 e. The first-order valence-electron chi connectivity index (χ1n) is 8.06. The van der Waals surface area contributed by atoms with E-state index in [4.69, 9.17) is 14.3 Å². The van der Waals surface area contributed by atoms with E-state index in [0.29, 0.717) is 29.8 Å². The smallest absolute Gasteiger partial charge is 0.408 e. The number of nitrogens with zero attached hydrogens (tertiary/aromatic N) is 1. The van der Waals surface area contributed by atoms with E-state index < -0.39 is 22.2 Å². The number of rotatable bonds is 5. The van der Waals surface area contributed by atoms with E-state index in [1.807, 2.05) is 0 Å². The molecule has 3 atom stereocenters. The molecule has 1 aliphatic heterocycles. The van der Waals surface area contributed by atoms with E-state index in [0.717, 1.165) is 19.6 Å². The second kappa shape index (κ2) is 5.72. The average Bonchev–Trinajstić information content (AvgIpc) is 3.16. The summed E-state index contributed by atoms with van der Waals surface area (Å²) in [7, 11) is -3.57. The average molecular weight is 353 g/mol. The van der Waals surface area contributed by atoms with Crippen molar-refractivity contribution in [2.24, 2.45) is 17.8 Å². The van der Waals surface area contributed by atoms with Crippen molar-refractivity contribution in [1.29, 1.82) is 0 Å². The molecule has 1 aromatic carbocycles. The van der Waals surface area contributed by atoms with Crippen LogP contribution >= 0.6 is 0 Å². The number of ether oxygens (including phenoxy) is 1. The van der Waals surface area contributed by atoms with Crippen LogP contribution in [0.15, 0.2) is 32.3 Å². The molecule has 24 heavy (non-hydrogen) atoms. The first-order valence-corrected chi connectivity index (χ1v) is 9.71. The molecule has 2 fully saturated rings. The highest BCUT2D eigenvalue weighted by Crippen LogP contribution is 2.51. The van der Waals surface area contributed by atoms with Crippen LogP contribution in [0.3, 0.4) is 0 Å². The molecule has 1 aliphatic carbocycles. The van der Waals surface area contributed by atoms with Gasteiger partial charge >= 0.3 is 5.76 Å². The van der Waals surface area contributed by atoms with Gasteiger partial charge in [0, 0.05) is 25.8 Å². The van der Waals surface area contributed by atoms with Crippen LogP contribution in [0.5, 0.6) is 0 Å². The van der Waals surface area contributed by atoms with Crippen LogP contribution in [0.4, 0.5) is 0 Å². The van der Waals surface area contributed by atoms with Crippen molar-refractivity contribution in [3.8, 4) is 0 Å². The molecular formula is C16H19NO6S. The molecule has 2 aliphatic rings. The van der Waals surface area contributed by atoms with Gasteiger partial charge < -0.3 is 14.3 Å². The van der Waals surface area contributed by atoms with E-state index in [-0.39, 0.29) is 16.2 Å². The van der Waals surface area contributed by atoms with Gasteiger partial charge in [-0.1, -0.05) is 0 Å². The number of hydrogen-bond donors (Lipinski definition) is 1. The Morgan fingerprint density at radius 2 is 2.12 bits per heavy atom. The zero-order valence-electron chi connectivity index (χ0n) is 13.1. The Balaban J connectivity index is 1.66. The van der Waals surface area contributed by atoms with Gasteiger partial charge in [0.25, 0.3) is 0 Å². The second-order valence-corrected chi connectivity index (χ2v) is 8.61. The summed E-state index contributed by atoms with van der Waals surface area (Å²) in [4.78, 5) is 12.2. The molecule has 1 aromatic heterocycles. The van der Waals surface area contributed by atoms with Gasteiger partial charge in [-0.2, -0.15) is 0 Å². The van der Waals surface area contributed by atoms with Crippen LogP contribution in [0.2, 0.25) is 0 Å². The third kappa shape index (κ3) is 2.58. The summed E-state index contributed by atoms with van der Waals surface area (Å²) in [5.74, 6) is 0.726. The summed E-state index contributed by atoms with van der Waals surface area (Å²) in [5, 5.41) is 8.87. The van der Waals surface area contributed by atoms with Gasteiger partial charge in [-0.25, -0.2) is 13.2 Å². The summed E-state index contributed by atoms with van der Waals surface area (Å²) in [5.41, 5.74) is 0.867. The zero-order chi connectivity index (χ0) is 16.9. The van der Waals surface area contributed by atoms with Gasteiger partial charge in [-0.15, -0.1) is 0 Å². The van der Waals surface area contributed by atoms with Crippen molar-refractivity contribution >= 4 is 20.9 Å². The lowest BCUT2D eigenvalue weighted by Gasteiger charge is -2.07. The highest BCUT2D eigenvalue weighted by atomic mass is 32.2. The monoisotopic (exact) mass is 353 g/mol. The third-order valence-electron chi connectivity index (χ3n) is 5.17. The Hall–Kier alpha value is -1.64. The molecule has 0 amide bonds. The molecule has 2 aromatic rings. The molecule has 7 nitrogen and oxygen atoms in total. The van der Waals surface area contributed by atoms with Gasteiger partial charge in [0.2, 0.25) is 0 Å². The summed E-state index contributed by atoms with van der Waals surface area (Å²) in [6, 6.07) is 4.43. The molecule has 8 heteroatoms. The van der Waals surface area contributed by atoms with E-state index in [1.54, 1.807) is 10.6 Å². The Kier molecular flexibility index (Phi) is 3.78. The maximum absolute atomic E-state index is 12.2. The molecule has 1 saturated heterocycles. The molecule has 0 spiro atoms. The number of fused-ring (bicyclic) bond motifs is 2. The zero-order valence-corrected chi connectivity index (χ0v) is 13.9. The van der Waals surface area contributed by atoms with Gasteiger partial charge in [-0.05, 0) is 36.3 Å². The fraction of sp³-hybridized carbons (Fsp3) is 0.562. The minimum absolute atomic E-state index is 0.0541. The number of aromatic nitrogens is 1. The van der Waals surface area contributed by atoms with Crippen molar-refractivity contribution in [3.63, 3.8) is 0 Å². The molecule has 2 heterocycles. The van der Waals surface area contributed by atoms with Crippen molar-refractivity contribution in [3.05, 3.63) is 28.7 Å². The van der Waals surface area contributed by atoms with Crippen LogP contribution < -0.4 is 5.76 Å². The maximum Gasteiger partial charge on any atom is 0.419 e. The van der Waals surface area contributed by atoms with E-state index in [1.165, 1.54) is 12.1 Å². The Bertz CT molecular complexity index is 916. The van der Waals surface area contributed by atoms with E-state index in [9.17, 15) is 13.2 Å². The topological polar surface area (TPSA) is 98.7 Å². The second-order valence-electron chi connectivity index (χ2n) is 6.51. The maximum atomic E-state index is 12.2. The Labute approximate surface area is 138 Å². The molecule has 4 rings (SSSR count). The highest BCUT2D eigenvalue weighted by molar-refractivity contribution is 7.91. The molecule has 3 unspecified atom stereocenters. The summed E-state index contributed by atoms with van der Waals surface area (Å²) >= 11 is 0. The minimum atomic E-state index is -3.57. The Morgan fingerprint density at radius 3 is 2.83 bits per heavy atom. The number of hydrogen-bond acceptors (Lipinski definition) is 6. The lowest BCUT2D eigenvalue weighted by molar-refractivity contribution is 0.0884. The molecule has 1 saturated carbocycles. The van der Waals surface area contributed by atoms with Crippen LogP contribution in [-0.2, 0) is 21.1 Å². The SMILES string of the molecule is O=c1oc2cc(S(=O)(=O)CCO)ccc2n1CC1C2CCOCC21. The lowest BCUT2D eigenvalue weighted by Crippen LogP contribution is -2.16. The van der Waals surface area contributed by atoms with E-state index >= 15 is 0 Å². The predicted octanol–water partition coefficient (Wildman–Crippen LogP) is 0.643. The van der Waals surface area contributed by atoms with Gasteiger partial charge in [0.1, 0.15) is 0 Å².